The Hall–Kier alpha value is -1.19. The fourth-order valence-electron chi connectivity index (χ4n) is 1.15. The van der Waals surface area contributed by atoms with Gasteiger partial charge in [-0.05, 0) is 5.92 Å². The molecule has 0 aromatic carbocycles. The molecule has 1 atom stereocenters. The van der Waals surface area contributed by atoms with Crippen LogP contribution in [0.4, 0.5) is 0 Å². The van der Waals surface area contributed by atoms with Crippen LogP contribution in [0.1, 0.15) is 20.3 Å². The molecule has 0 saturated carbocycles. The summed E-state index contributed by atoms with van der Waals surface area (Å²) in [7, 11) is -2.70. The van der Waals surface area contributed by atoms with E-state index in [1.54, 1.807) is 13.8 Å². The molecule has 0 heterocycles. The van der Waals surface area contributed by atoms with Crippen molar-refractivity contribution >= 4 is 22.1 Å². The first-order valence-electron chi connectivity index (χ1n) is 5.32. The zero-order valence-electron chi connectivity index (χ0n) is 10.6. The van der Waals surface area contributed by atoms with E-state index in [4.69, 9.17) is 10.8 Å². The Morgan fingerprint density at radius 1 is 1.39 bits per heavy atom. The first-order chi connectivity index (χ1) is 8.08. The highest BCUT2D eigenvalue weighted by atomic mass is 32.2. The average molecular weight is 281 g/mol. The van der Waals surface area contributed by atoms with E-state index >= 15 is 0 Å². The molecule has 18 heavy (non-hydrogen) atoms. The van der Waals surface area contributed by atoms with Crippen molar-refractivity contribution in [3.05, 3.63) is 0 Å². The molecule has 0 aromatic rings. The number of hydrogen-bond acceptors (Lipinski definition) is 4. The van der Waals surface area contributed by atoms with Gasteiger partial charge in [0.2, 0.25) is 5.91 Å². The number of carbonyl (C=O) groups is 2. The fourth-order valence-corrected chi connectivity index (χ4v) is 2.37. The number of carbonyl (C=O) groups excluding carboxylic acids is 1. The molecular formula is C9H19N3O5S. The number of carboxylic acids is 1. The van der Waals surface area contributed by atoms with E-state index in [2.05, 4.69) is 4.72 Å². The molecule has 0 fully saturated rings. The van der Waals surface area contributed by atoms with Gasteiger partial charge in [-0.3, -0.25) is 9.59 Å². The van der Waals surface area contributed by atoms with Crippen LogP contribution in [0.5, 0.6) is 0 Å². The van der Waals surface area contributed by atoms with Crippen molar-refractivity contribution in [2.45, 2.75) is 26.3 Å². The second kappa shape index (κ2) is 6.66. The van der Waals surface area contributed by atoms with Crippen LogP contribution in [0, 0.1) is 5.92 Å². The van der Waals surface area contributed by atoms with Crippen LogP contribution in [-0.4, -0.2) is 49.3 Å². The maximum Gasteiger partial charge on any atom is 0.304 e. The predicted octanol–water partition coefficient (Wildman–Crippen LogP) is -1.26. The summed E-state index contributed by atoms with van der Waals surface area (Å²) in [6.45, 7) is 3.11. The highest BCUT2D eigenvalue weighted by Gasteiger charge is 2.28. The third-order valence-electron chi connectivity index (χ3n) is 2.30. The Labute approximate surface area is 106 Å². The zero-order valence-corrected chi connectivity index (χ0v) is 11.4. The van der Waals surface area contributed by atoms with Crippen LogP contribution in [0.2, 0.25) is 0 Å². The summed E-state index contributed by atoms with van der Waals surface area (Å²) in [5, 5.41) is 8.47. The van der Waals surface area contributed by atoms with Gasteiger partial charge in [0.25, 0.3) is 10.2 Å². The quantitative estimate of drug-likeness (QED) is 0.511. The number of primary amides is 1. The summed E-state index contributed by atoms with van der Waals surface area (Å²) < 4.78 is 26.5. The van der Waals surface area contributed by atoms with Gasteiger partial charge in [0.15, 0.2) is 0 Å². The van der Waals surface area contributed by atoms with Gasteiger partial charge >= 0.3 is 5.97 Å². The Morgan fingerprint density at radius 3 is 2.22 bits per heavy atom. The Balaban J connectivity index is 4.72. The number of carboxylic acid groups (broad SMARTS) is 1. The van der Waals surface area contributed by atoms with Crippen molar-refractivity contribution in [3.63, 3.8) is 0 Å². The molecule has 0 radical (unpaired) electrons. The van der Waals surface area contributed by atoms with Gasteiger partial charge < -0.3 is 10.8 Å². The molecule has 106 valence electrons. The van der Waals surface area contributed by atoms with Crippen LogP contribution >= 0.6 is 0 Å². The normalized spacial score (nSPS) is 13.8. The predicted molar refractivity (Wildman–Crippen MR) is 64.8 cm³/mol. The average Bonchev–Trinajstić information content (AvgIpc) is 2.21. The monoisotopic (exact) mass is 281 g/mol. The van der Waals surface area contributed by atoms with E-state index in [0.717, 1.165) is 4.31 Å². The minimum absolute atomic E-state index is 0.186. The molecule has 9 heteroatoms. The molecule has 0 spiro atoms. The van der Waals surface area contributed by atoms with E-state index < -0.39 is 28.1 Å². The van der Waals surface area contributed by atoms with E-state index in [0.29, 0.717) is 0 Å². The van der Waals surface area contributed by atoms with Gasteiger partial charge in [-0.2, -0.15) is 17.4 Å². The van der Waals surface area contributed by atoms with Crippen LogP contribution in [0.25, 0.3) is 0 Å². The first kappa shape index (κ1) is 16.8. The molecule has 8 nitrogen and oxygen atoms in total. The van der Waals surface area contributed by atoms with Crippen molar-refractivity contribution in [1.82, 2.24) is 9.03 Å². The zero-order chi connectivity index (χ0) is 14.5. The van der Waals surface area contributed by atoms with Crippen molar-refractivity contribution in [2.75, 3.05) is 13.6 Å². The lowest BCUT2D eigenvalue weighted by molar-refractivity contribution is -0.137. The number of amides is 1. The topological polar surface area (TPSA) is 130 Å². The number of hydrogen-bond donors (Lipinski definition) is 3. The van der Waals surface area contributed by atoms with E-state index in [1.807, 2.05) is 0 Å². The van der Waals surface area contributed by atoms with Gasteiger partial charge in [0, 0.05) is 13.6 Å². The number of rotatable bonds is 8. The number of nitrogens with one attached hydrogen (secondary N) is 1. The molecule has 0 aliphatic rings. The van der Waals surface area contributed by atoms with Crippen molar-refractivity contribution in [3.8, 4) is 0 Å². The molecule has 0 saturated heterocycles. The van der Waals surface area contributed by atoms with Crippen LogP contribution in [0.15, 0.2) is 0 Å². The smallest absolute Gasteiger partial charge is 0.304 e. The molecular weight excluding hydrogens is 262 g/mol. The summed E-state index contributed by atoms with van der Waals surface area (Å²) in [6, 6.07) is -1.03. The largest absolute Gasteiger partial charge is 0.481 e. The SMILES string of the molecule is CC(C)C(NS(=O)(=O)N(C)CCC(=O)O)C(N)=O. The highest BCUT2D eigenvalue weighted by Crippen LogP contribution is 2.05. The number of nitrogens with zero attached hydrogens (tertiary/aromatic N) is 1. The lowest BCUT2D eigenvalue weighted by Gasteiger charge is -2.23. The summed E-state index contributed by atoms with van der Waals surface area (Å²) in [6.07, 6.45) is -0.319. The van der Waals surface area contributed by atoms with Crippen molar-refractivity contribution in [1.29, 1.82) is 0 Å². The van der Waals surface area contributed by atoms with Crippen LogP contribution in [-0.2, 0) is 19.8 Å². The van der Waals surface area contributed by atoms with Crippen molar-refractivity contribution < 1.29 is 23.1 Å². The van der Waals surface area contributed by atoms with Gasteiger partial charge in [-0.25, -0.2) is 0 Å². The molecule has 0 aliphatic carbocycles. The molecule has 1 unspecified atom stereocenters. The first-order valence-corrected chi connectivity index (χ1v) is 6.76. The molecule has 1 amide bonds. The Kier molecular flexibility index (Phi) is 6.22. The number of nitrogens with two attached hydrogens (primary N) is 1. The molecule has 0 rings (SSSR count). The second-order valence-electron chi connectivity index (χ2n) is 4.21. The summed E-state index contributed by atoms with van der Waals surface area (Å²) in [4.78, 5) is 21.4. The lowest BCUT2D eigenvalue weighted by Crippen LogP contribution is -2.51. The Morgan fingerprint density at radius 2 is 1.89 bits per heavy atom. The summed E-state index contributed by atoms with van der Waals surface area (Å²) in [5.74, 6) is -2.18. The minimum Gasteiger partial charge on any atom is -0.481 e. The highest BCUT2D eigenvalue weighted by molar-refractivity contribution is 7.87. The van der Waals surface area contributed by atoms with Crippen molar-refractivity contribution in [2.24, 2.45) is 11.7 Å². The number of aliphatic carboxylic acids is 1. The van der Waals surface area contributed by atoms with Gasteiger partial charge in [-0.15, -0.1) is 0 Å². The minimum atomic E-state index is -3.93. The molecule has 0 aromatic heterocycles. The summed E-state index contributed by atoms with van der Waals surface area (Å²) >= 11 is 0. The lowest BCUT2D eigenvalue weighted by atomic mass is 10.1. The van der Waals surface area contributed by atoms with Crippen LogP contribution in [0.3, 0.4) is 0 Å². The van der Waals surface area contributed by atoms with Gasteiger partial charge in [0.05, 0.1) is 6.42 Å². The van der Waals surface area contributed by atoms with E-state index in [9.17, 15) is 18.0 Å². The third-order valence-corrected chi connectivity index (χ3v) is 3.85. The Bertz CT molecular complexity index is 406. The summed E-state index contributed by atoms with van der Waals surface area (Å²) in [5.41, 5.74) is 5.09. The molecule has 0 bridgehead atoms. The third kappa shape index (κ3) is 5.43. The van der Waals surface area contributed by atoms with Crippen LogP contribution < -0.4 is 10.5 Å². The van der Waals surface area contributed by atoms with Gasteiger partial charge in [0.1, 0.15) is 6.04 Å². The molecule has 4 N–H and O–H groups in total. The van der Waals surface area contributed by atoms with E-state index in [-0.39, 0.29) is 18.9 Å². The second-order valence-corrected chi connectivity index (χ2v) is 6.02. The molecule has 0 aliphatic heterocycles. The fraction of sp³-hybridized carbons (Fsp3) is 0.778. The van der Waals surface area contributed by atoms with E-state index in [1.165, 1.54) is 7.05 Å². The maximum absolute atomic E-state index is 11.8. The maximum atomic E-state index is 11.8. The van der Waals surface area contributed by atoms with Gasteiger partial charge in [-0.1, -0.05) is 13.8 Å². The standard InChI is InChI=1S/C9H19N3O5S/c1-6(2)8(9(10)15)11-18(16,17)12(3)5-4-7(13)14/h6,8,11H,4-5H2,1-3H3,(H2,10,15)(H,13,14).